The van der Waals surface area contributed by atoms with E-state index in [9.17, 15) is 0 Å². The molecule has 0 amide bonds. The van der Waals surface area contributed by atoms with Gasteiger partial charge in [-0.3, -0.25) is 0 Å². The maximum Gasteiger partial charge on any atom is 0.187 e. The topological polar surface area (TPSA) is 0 Å². The summed E-state index contributed by atoms with van der Waals surface area (Å²) in [6.07, 6.45) is 0. The van der Waals surface area contributed by atoms with E-state index in [0.29, 0.717) is 0 Å². The van der Waals surface area contributed by atoms with Crippen molar-refractivity contribution in [2.24, 2.45) is 0 Å². The molecule has 31 valence electrons. The summed E-state index contributed by atoms with van der Waals surface area (Å²) in [6, 6.07) is 0. The van der Waals surface area contributed by atoms with Crippen LogP contribution in [0.2, 0.25) is 0 Å². The van der Waals surface area contributed by atoms with Gasteiger partial charge in [-0.05, 0) is 0 Å². The summed E-state index contributed by atoms with van der Waals surface area (Å²) in [4.78, 5) is 0. The van der Waals surface area contributed by atoms with Crippen LogP contribution in [0.25, 0.3) is 0 Å². The van der Waals surface area contributed by atoms with Crippen molar-refractivity contribution in [1.29, 1.82) is 0 Å². The Morgan fingerprint density at radius 3 is 1.00 bits per heavy atom. The minimum absolute atomic E-state index is 0. The second-order valence-corrected chi connectivity index (χ2v) is 0. The Bertz CT molecular complexity index is 8.00. The van der Waals surface area contributed by atoms with Gasteiger partial charge in [-0.15, -0.1) is 0 Å². The molecule has 3 heteroatoms. The van der Waals surface area contributed by atoms with Gasteiger partial charge in [0.05, 0.1) is 0 Å². The van der Waals surface area contributed by atoms with Crippen molar-refractivity contribution in [3.8, 4) is 0 Å². The van der Waals surface area contributed by atoms with Crippen LogP contribution in [-0.2, 0) is 33.8 Å². The molecular formula is CH7AlCoFe. The Balaban J connectivity index is 0. The molecular weight excluding hydrogens is 154 g/mol. The van der Waals surface area contributed by atoms with Crippen LogP contribution in [0, 0.1) is 0 Å². The fourth-order valence-electron chi connectivity index (χ4n) is 0. The van der Waals surface area contributed by atoms with Gasteiger partial charge in [0.2, 0.25) is 0 Å². The van der Waals surface area contributed by atoms with Crippen LogP contribution in [-0.4, -0.2) is 17.4 Å². The van der Waals surface area contributed by atoms with E-state index in [1.54, 1.807) is 0 Å². The normalized spacial score (nSPS) is 0. The summed E-state index contributed by atoms with van der Waals surface area (Å²) in [5, 5.41) is 0. The third-order valence-corrected chi connectivity index (χ3v) is 0. The fourth-order valence-corrected chi connectivity index (χ4v) is 0. The van der Waals surface area contributed by atoms with Crippen molar-refractivity contribution >= 4 is 17.4 Å². The van der Waals surface area contributed by atoms with Crippen molar-refractivity contribution in [2.75, 3.05) is 0 Å². The average Bonchev–Trinajstić information content (AvgIpc) is 0. The zero-order valence-electron chi connectivity index (χ0n) is 0.687. The van der Waals surface area contributed by atoms with Crippen LogP contribution in [0.3, 0.4) is 0 Å². The van der Waals surface area contributed by atoms with Gasteiger partial charge in [0.25, 0.3) is 0 Å². The van der Waals surface area contributed by atoms with Gasteiger partial charge < -0.3 is 0 Å². The first kappa shape index (κ1) is 47.6. The molecule has 0 fully saturated rings. The first-order chi connectivity index (χ1) is 0. The average molecular weight is 161 g/mol. The van der Waals surface area contributed by atoms with E-state index < -0.39 is 0 Å². The molecule has 0 aromatic rings. The van der Waals surface area contributed by atoms with Crippen LogP contribution in [0.4, 0.5) is 0 Å². The predicted molar refractivity (Wildman–Crippen MR) is 16.7 cm³/mol. The quantitative estimate of drug-likeness (QED) is 0.418. The van der Waals surface area contributed by atoms with Crippen molar-refractivity contribution in [3.63, 3.8) is 0 Å². The fraction of sp³-hybridized carbons (Fsp3) is 1.00. The van der Waals surface area contributed by atoms with Gasteiger partial charge in [-0.2, -0.15) is 0 Å². The van der Waals surface area contributed by atoms with Crippen LogP contribution < -0.4 is 0 Å². The summed E-state index contributed by atoms with van der Waals surface area (Å²) in [6.45, 7) is 0. The van der Waals surface area contributed by atoms with E-state index in [4.69, 9.17) is 0 Å². The summed E-state index contributed by atoms with van der Waals surface area (Å²) in [5.41, 5.74) is 0. The Hall–Kier alpha value is 1.56. The second kappa shape index (κ2) is 23.8. The summed E-state index contributed by atoms with van der Waals surface area (Å²) >= 11 is 0. The van der Waals surface area contributed by atoms with E-state index >= 15 is 0 Å². The molecule has 0 aliphatic carbocycles. The molecule has 0 saturated carbocycles. The van der Waals surface area contributed by atoms with E-state index in [-0.39, 0.29) is 58.6 Å². The molecule has 0 aromatic carbocycles. The Morgan fingerprint density at radius 2 is 1.00 bits per heavy atom. The maximum absolute atomic E-state index is 0. The maximum atomic E-state index is 0. The van der Waals surface area contributed by atoms with Crippen LogP contribution in [0.5, 0.6) is 0 Å². The summed E-state index contributed by atoms with van der Waals surface area (Å²) < 4.78 is 0. The van der Waals surface area contributed by atoms with Gasteiger partial charge in [0, 0.05) is 33.8 Å². The van der Waals surface area contributed by atoms with Gasteiger partial charge in [0.15, 0.2) is 17.4 Å². The minimum Gasteiger partial charge on any atom is -0.0776 e. The zero-order chi connectivity index (χ0) is 0. The van der Waals surface area contributed by atoms with Crippen molar-refractivity contribution in [2.45, 2.75) is 7.43 Å². The molecule has 0 saturated heterocycles. The molecule has 0 nitrogen and oxygen atoms in total. The number of rotatable bonds is 0. The van der Waals surface area contributed by atoms with Crippen molar-refractivity contribution in [3.05, 3.63) is 0 Å². The van der Waals surface area contributed by atoms with Crippen LogP contribution >= 0.6 is 0 Å². The Kier molecular flexibility index (Phi) is 283. The predicted octanol–water partition coefficient (Wildman–Crippen LogP) is -0.553. The third kappa shape index (κ3) is 9.59. The second-order valence-electron chi connectivity index (χ2n) is 0. The van der Waals surface area contributed by atoms with Crippen molar-refractivity contribution < 1.29 is 33.8 Å². The van der Waals surface area contributed by atoms with Gasteiger partial charge >= 0.3 is 0 Å². The monoisotopic (exact) mass is 161 g/mol. The summed E-state index contributed by atoms with van der Waals surface area (Å²) in [7, 11) is 0. The van der Waals surface area contributed by atoms with Crippen molar-refractivity contribution in [1.82, 2.24) is 0 Å². The molecule has 0 unspecified atom stereocenters. The molecule has 0 N–H and O–H groups in total. The first-order valence-corrected chi connectivity index (χ1v) is 0. The molecule has 1 radical (unpaired) electrons. The van der Waals surface area contributed by atoms with Gasteiger partial charge in [-0.1, -0.05) is 7.43 Å². The standard InChI is InChI=1S/CH4.Al.Co.Fe.3H/h1H4;;;;;;. The molecule has 0 aromatic heterocycles. The molecule has 0 spiro atoms. The first-order valence-electron chi connectivity index (χ1n) is 0. The third-order valence-electron chi connectivity index (χ3n) is 0. The van der Waals surface area contributed by atoms with E-state index in [0.717, 1.165) is 0 Å². The molecule has 0 atom stereocenters. The van der Waals surface area contributed by atoms with Gasteiger partial charge in [-0.25, -0.2) is 0 Å². The molecule has 0 aliphatic rings. The Morgan fingerprint density at radius 1 is 1.00 bits per heavy atom. The minimum atomic E-state index is 0. The Labute approximate surface area is 58.5 Å². The molecule has 4 heavy (non-hydrogen) atoms. The largest absolute Gasteiger partial charge is 0.187 e. The zero-order valence-corrected chi connectivity index (χ0v) is 2.83. The molecule has 0 bridgehead atoms. The summed E-state index contributed by atoms with van der Waals surface area (Å²) in [5.74, 6) is 0. The van der Waals surface area contributed by atoms with E-state index in [1.807, 2.05) is 0 Å². The smallest absolute Gasteiger partial charge is 0.0776 e. The van der Waals surface area contributed by atoms with Crippen LogP contribution in [0.1, 0.15) is 7.43 Å². The molecule has 0 rings (SSSR count). The number of hydrogen-bond acceptors (Lipinski definition) is 0. The SMILES string of the molecule is C.[AlH3].[Co].[Fe]. The van der Waals surface area contributed by atoms with E-state index in [2.05, 4.69) is 0 Å². The molecule has 0 heterocycles. The van der Waals surface area contributed by atoms with E-state index in [1.165, 1.54) is 0 Å². The molecule has 0 aliphatic heterocycles. The number of hydrogen-bond donors (Lipinski definition) is 0. The van der Waals surface area contributed by atoms with Gasteiger partial charge in [0.1, 0.15) is 0 Å². The van der Waals surface area contributed by atoms with Crippen LogP contribution in [0.15, 0.2) is 0 Å².